The Kier molecular flexibility index (Phi) is 5.53. The lowest BCUT2D eigenvalue weighted by Crippen LogP contribution is -2.46. The van der Waals surface area contributed by atoms with Crippen molar-refractivity contribution in [3.63, 3.8) is 0 Å². The first kappa shape index (κ1) is 17.9. The third kappa shape index (κ3) is 3.86. The molecule has 1 heterocycles. The van der Waals surface area contributed by atoms with Crippen LogP contribution in [0.5, 0.6) is 5.75 Å². The maximum atomic E-state index is 12.9. The van der Waals surface area contributed by atoms with Crippen LogP contribution in [0.25, 0.3) is 0 Å². The Labute approximate surface area is 158 Å². The first-order valence-corrected chi connectivity index (χ1v) is 8.74. The highest BCUT2D eigenvalue weighted by molar-refractivity contribution is 7.80. The molecule has 3 N–H and O–H groups in total. The summed E-state index contributed by atoms with van der Waals surface area (Å²) in [7, 11) is 1.62. The Morgan fingerprint density at radius 2 is 1.85 bits per heavy atom. The fraction of sp³-hybridized carbons (Fsp3) is 0.200. The lowest BCUT2D eigenvalue weighted by Gasteiger charge is -2.31. The van der Waals surface area contributed by atoms with Crippen molar-refractivity contribution < 1.29 is 9.53 Å². The number of rotatable bonds is 5. The summed E-state index contributed by atoms with van der Waals surface area (Å²) in [6, 6.07) is 17.0. The molecule has 1 amide bonds. The van der Waals surface area contributed by atoms with E-state index in [9.17, 15) is 4.79 Å². The van der Waals surface area contributed by atoms with E-state index in [0.29, 0.717) is 23.0 Å². The molecule has 26 heavy (non-hydrogen) atoms. The Morgan fingerprint density at radius 3 is 2.58 bits per heavy atom. The van der Waals surface area contributed by atoms with Gasteiger partial charge in [0, 0.05) is 17.8 Å². The summed E-state index contributed by atoms with van der Waals surface area (Å²) in [6.07, 6.45) is 0. The van der Waals surface area contributed by atoms with Crippen molar-refractivity contribution in [2.45, 2.75) is 19.5 Å². The highest BCUT2D eigenvalue weighted by Gasteiger charge is 2.31. The molecule has 0 aromatic heterocycles. The first-order chi connectivity index (χ1) is 12.6. The number of carbonyl (C=O) groups excluding carboxylic acids is 1. The lowest BCUT2D eigenvalue weighted by molar-refractivity contribution is -0.118. The minimum Gasteiger partial charge on any atom is -0.496 e. The molecule has 0 saturated heterocycles. The molecule has 2 aromatic carbocycles. The van der Waals surface area contributed by atoms with Crippen LogP contribution in [-0.2, 0) is 11.3 Å². The molecule has 0 radical (unpaired) electrons. The minimum atomic E-state index is -0.379. The molecule has 6 heteroatoms. The van der Waals surface area contributed by atoms with Gasteiger partial charge in [-0.05, 0) is 30.8 Å². The van der Waals surface area contributed by atoms with Crippen LogP contribution in [0.3, 0.4) is 0 Å². The van der Waals surface area contributed by atoms with E-state index in [1.54, 1.807) is 7.11 Å². The van der Waals surface area contributed by atoms with E-state index < -0.39 is 0 Å². The summed E-state index contributed by atoms with van der Waals surface area (Å²) in [4.78, 5) is 12.9. The van der Waals surface area contributed by atoms with E-state index in [4.69, 9.17) is 17.0 Å². The van der Waals surface area contributed by atoms with E-state index in [-0.39, 0.29) is 11.9 Å². The monoisotopic (exact) mass is 367 g/mol. The number of amides is 1. The van der Waals surface area contributed by atoms with Crippen LogP contribution in [-0.4, -0.2) is 18.1 Å². The number of benzene rings is 2. The zero-order chi connectivity index (χ0) is 18.5. The molecule has 1 aliphatic rings. The van der Waals surface area contributed by atoms with Gasteiger partial charge in [-0.2, -0.15) is 0 Å². The van der Waals surface area contributed by atoms with E-state index in [1.165, 1.54) is 0 Å². The maximum absolute atomic E-state index is 12.9. The Balaban J connectivity index is 1.89. The van der Waals surface area contributed by atoms with E-state index in [1.807, 2.05) is 61.5 Å². The van der Waals surface area contributed by atoms with Gasteiger partial charge in [-0.25, -0.2) is 0 Å². The van der Waals surface area contributed by atoms with Gasteiger partial charge in [0.15, 0.2) is 5.11 Å². The fourth-order valence-corrected chi connectivity index (χ4v) is 3.28. The molecule has 0 bridgehead atoms. The van der Waals surface area contributed by atoms with E-state index in [2.05, 4.69) is 16.0 Å². The second kappa shape index (κ2) is 8.01. The van der Waals surface area contributed by atoms with E-state index in [0.717, 1.165) is 16.8 Å². The minimum absolute atomic E-state index is 0.148. The van der Waals surface area contributed by atoms with E-state index >= 15 is 0 Å². The lowest BCUT2D eigenvalue weighted by atomic mass is 9.94. The largest absolute Gasteiger partial charge is 0.496 e. The normalized spacial score (nSPS) is 16.5. The third-order valence-corrected chi connectivity index (χ3v) is 4.48. The molecule has 3 rings (SSSR count). The molecule has 1 unspecified atom stereocenters. The number of methoxy groups -OCH3 is 1. The summed E-state index contributed by atoms with van der Waals surface area (Å²) < 4.78 is 5.47. The molecule has 1 aliphatic heterocycles. The molecule has 0 saturated carbocycles. The SMILES string of the molecule is COc1ccccc1C1NC(=S)NC(C)=C1C(=O)NCc1ccccc1. The van der Waals surface area contributed by atoms with Gasteiger partial charge in [0.25, 0.3) is 5.91 Å². The summed E-state index contributed by atoms with van der Waals surface area (Å²) in [6.45, 7) is 2.31. The van der Waals surface area contributed by atoms with Gasteiger partial charge in [0.1, 0.15) is 5.75 Å². The molecule has 5 nitrogen and oxygen atoms in total. The zero-order valence-corrected chi connectivity index (χ0v) is 15.5. The van der Waals surface area contributed by atoms with Crippen LogP contribution in [0.4, 0.5) is 0 Å². The van der Waals surface area contributed by atoms with Crippen LogP contribution in [0.15, 0.2) is 65.9 Å². The second-order valence-electron chi connectivity index (χ2n) is 5.98. The van der Waals surface area contributed by atoms with Gasteiger partial charge in [-0.3, -0.25) is 4.79 Å². The fourth-order valence-electron chi connectivity index (χ4n) is 3.01. The molecule has 0 aliphatic carbocycles. The van der Waals surface area contributed by atoms with Crippen molar-refractivity contribution in [1.82, 2.24) is 16.0 Å². The molecular weight excluding hydrogens is 346 g/mol. The van der Waals surface area contributed by atoms with Crippen LogP contribution < -0.4 is 20.7 Å². The molecule has 0 spiro atoms. The van der Waals surface area contributed by atoms with Crippen molar-refractivity contribution >= 4 is 23.2 Å². The van der Waals surface area contributed by atoms with Gasteiger partial charge in [0.05, 0.1) is 18.7 Å². The van der Waals surface area contributed by atoms with Crippen molar-refractivity contribution in [1.29, 1.82) is 0 Å². The quantitative estimate of drug-likeness (QED) is 0.710. The number of nitrogens with one attached hydrogen (secondary N) is 3. The average molecular weight is 367 g/mol. The first-order valence-electron chi connectivity index (χ1n) is 8.33. The predicted octanol–water partition coefficient (Wildman–Crippen LogP) is 2.80. The van der Waals surface area contributed by atoms with Crippen LogP contribution in [0, 0.1) is 0 Å². The number of hydrogen-bond acceptors (Lipinski definition) is 3. The highest BCUT2D eigenvalue weighted by Crippen LogP contribution is 2.32. The predicted molar refractivity (Wildman–Crippen MR) is 106 cm³/mol. The number of ether oxygens (including phenoxy) is 1. The van der Waals surface area contributed by atoms with Crippen LogP contribution in [0.2, 0.25) is 0 Å². The molecule has 134 valence electrons. The van der Waals surface area contributed by atoms with Crippen LogP contribution in [0.1, 0.15) is 24.1 Å². The van der Waals surface area contributed by atoms with Gasteiger partial charge < -0.3 is 20.7 Å². The number of hydrogen-bond donors (Lipinski definition) is 3. The van der Waals surface area contributed by atoms with Crippen LogP contribution >= 0.6 is 12.2 Å². The molecule has 0 fully saturated rings. The number of allylic oxidation sites excluding steroid dienone is 1. The summed E-state index contributed by atoms with van der Waals surface area (Å²) in [5, 5.41) is 9.71. The van der Waals surface area contributed by atoms with Gasteiger partial charge in [0.2, 0.25) is 0 Å². The van der Waals surface area contributed by atoms with Gasteiger partial charge >= 0.3 is 0 Å². The topological polar surface area (TPSA) is 62.4 Å². The standard InChI is InChI=1S/C20H21N3O2S/c1-13-17(19(24)21-12-14-8-4-3-5-9-14)18(23-20(26)22-13)15-10-6-7-11-16(15)25-2/h3-11,18H,12H2,1-2H3,(H,21,24)(H2,22,23,26). The summed E-state index contributed by atoms with van der Waals surface area (Å²) >= 11 is 5.29. The average Bonchev–Trinajstić information content (AvgIpc) is 2.66. The summed E-state index contributed by atoms with van der Waals surface area (Å²) in [5.41, 5.74) is 3.23. The molecule has 1 atom stereocenters. The Bertz CT molecular complexity index is 849. The zero-order valence-electron chi connectivity index (χ0n) is 14.7. The second-order valence-corrected chi connectivity index (χ2v) is 6.39. The van der Waals surface area contributed by atoms with Crippen molar-refractivity contribution in [3.05, 3.63) is 77.0 Å². The summed E-state index contributed by atoms with van der Waals surface area (Å²) in [5.74, 6) is 0.556. The Hall–Kier alpha value is -2.86. The van der Waals surface area contributed by atoms with Crippen molar-refractivity contribution in [3.8, 4) is 5.75 Å². The van der Waals surface area contributed by atoms with Gasteiger partial charge in [-0.15, -0.1) is 0 Å². The third-order valence-electron chi connectivity index (χ3n) is 4.26. The highest BCUT2D eigenvalue weighted by atomic mass is 32.1. The number of carbonyl (C=O) groups is 1. The Morgan fingerprint density at radius 1 is 1.15 bits per heavy atom. The molecular formula is C20H21N3O2S. The van der Waals surface area contributed by atoms with Crippen molar-refractivity contribution in [2.24, 2.45) is 0 Å². The number of thiocarbonyl (C=S) groups is 1. The maximum Gasteiger partial charge on any atom is 0.251 e. The smallest absolute Gasteiger partial charge is 0.251 e. The molecule has 2 aromatic rings. The van der Waals surface area contributed by atoms with Crippen molar-refractivity contribution in [2.75, 3.05) is 7.11 Å². The number of para-hydroxylation sites is 1. The van der Waals surface area contributed by atoms with Gasteiger partial charge in [-0.1, -0.05) is 48.5 Å².